The van der Waals surface area contributed by atoms with E-state index in [0.717, 1.165) is 31.8 Å². The van der Waals surface area contributed by atoms with Crippen molar-refractivity contribution in [3.8, 4) is 0 Å². The summed E-state index contributed by atoms with van der Waals surface area (Å²) in [4.78, 5) is 16.8. The molecule has 4 rings (SSSR count). The molecule has 0 radical (unpaired) electrons. The van der Waals surface area contributed by atoms with Crippen LogP contribution in [0.3, 0.4) is 0 Å². The van der Waals surface area contributed by atoms with Gasteiger partial charge in [-0.3, -0.25) is 9.69 Å². The first kappa shape index (κ1) is 15.2. The number of piperidine rings is 1. The Morgan fingerprint density at radius 3 is 2.88 bits per heavy atom. The molecule has 2 N–H and O–H groups in total. The first-order valence-electron chi connectivity index (χ1n) is 8.62. The summed E-state index contributed by atoms with van der Waals surface area (Å²) in [5.41, 5.74) is 9.59. The molecule has 24 heavy (non-hydrogen) atoms. The highest BCUT2D eigenvalue weighted by Gasteiger charge is 2.44. The fourth-order valence-corrected chi connectivity index (χ4v) is 4.29. The van der Waals surface area contributed by atoms with Gasteiger partial charge in [-0.05, 0) is 23.6 Å². The van der Waals surface area contributed by atoms with Crippen LogP contribution in [0.4, 0.5) is 0 Å². The van der Waals surface area contributed by atoms with Crippen LogP contribution in [0.2, 0.25) is 0 Å². The molecule has 2 atom stereocenters. The van der Waals surface area contributed by atoms with E-state index in [1.807, 2.05) is 6.08 Å². The molecule has 124 valence electrons. The Hall–Kier alpha value is -2.33. The maximum Gasteiger partial charge on any atom is 0.174 e. The maximum absolute atomic E-state index is 12.0. The van der Waals surface area contributed by atoms with Gasteiger partial charge in [0.2, 0.25) is 0 Å². The zero-order valence-corrected chi connectivity index (χ0v) is 13.8. The first-order valence-corrected chi connectivity index (χ1v) is 8.62. The highest BCUT2D eigenvalue weighted by Crippen LogP contribution is 2.42. The topological polar surface area (TPSA) is 49.6 Å². The van der Waals surface area contributed by atoms with Gasteiger partial charge < -0.3 is 10.6 Å². The van der Waals surface area contributed by atoms with Crippen molar-refractivity contribution in [3.63, 3.8) is 0 Å². The normalized spacial score (nSPS) is 32.0. The predicted molar refractivity (Wildman–Crippen MR) is 94.8 cm³/mol. The third-order valence-electron chi connectivity index (χ3n) is 5.36. The average molecular weight is 321 g/mol. The number of allylic oxidation sites excluding steroid dienone is 3. The molecule has 0 spiro atoms. The second-order valence-corrected chi connectivity index (χ2v) is 6.81. The number of nitrogens with two attached hydrogens (primary N) is 1. The summed E-state index contributed by atoms with van der Waals surface area (Å²) in [6.07, 6.45) is 8.40. The van der Waals surface area contributed by atoms with E-state index in [1.54, 1.807) is 12.3 Å². The molecule has 3 aliphatic heterocycles. The smallest absolute Gasteiger partial charge is 0.174 e. The standard InChI is InChI=1S/C20H23N3O/c21-11-20-17-8-4-7-16(24)13-23(20)19-9-10-22(14-18(17)19)12-15-5-2-1-3-6-15/h1-8,11,18-19H,9-10,12-14,21H2/b7-4-,17-8-,20-11-. The number of hydrogen-bond acceptors (Lipinski definition) is 4. The van der Waals surface area contributed by atoms with Gasteiger partial charge in [0.25, 0.3) is 0 Å². The van der Waals surface area contributed by atoms with Crippen molar-refractivity contribution < 1.29 is 4.79 Å². The van der Waals surface area contributed by atoms with Crippen LogP contribution < -0.4 is 5.73 Å². The van der Waals surface area contributed by atoms with Gasteiger partial charge in [0.1, 0.15) is 0 Å². The lowest BCUT2D eigenvalue weighted by Gasteiger charge is -2.38. The monoisotopic (exact) mass is 321 g/mol. The van der Waals surface area contributed by atoms with Crippen LogP contribution in [0.1, 0.15) is 12.0 Å². The number of likely N-dealkylation sites (tertiary alicyclic amines) is 1. The fraction of sp³-hybridized carbons (Fsp3) is 0.350. The van der Waals surface area contributed by atoms with Gasteiger partial charge in [-0.15, -0.1) is 0 Å². The summed E-state index contributed by atoms with van der Waals surface area (Å²) in [5, 5.41) is 0. The lowest BCUT2D eigenvalue weighted by molar-refractivity contribution is -0.115. The van der Waals surface area contributed by atoms with Gasteiger partial charge in [0, 0.05) is 37.8 Å². The van der Waals surface area contributed by atoms with Crippen molar-refractivity contribution in [2.24, 2.45) is 11.7 Å². The molecule has 1 aromatic rings. The van der Waals surface area contributed by atoms with Crippen LogP contribution in [0.25, 0.3) is 0 Å². The fourth-order valence-electron chi connectivity index (χ4n) is 4.29. The largest absolute Gasteiger partial charge is 0.403 e. The van der Waals surface area contributed by atoms with Crippen molar-refractivity contribution in [3.05, 3.63) is 71.6 Å². The van der Waals surface area contributed by atoms with Crippen LogP contribution in [-0.2, 0) is 11.3 Å². The maximum atomic E-state index is 12.0. The van der Waals surface area contributed by atoms with E-state index in [0.29, 0.717) is 18.5 Å². The van der Waals surface area contributed by atoms with Gasteiger partial charge in [0.15, 0.2) is 5.78 Å². The third kappa shape index (κ3) is 2.67. The number of carbonyl (C=O) groups is 1. The summed E-state index contributed by atoms with van der Waals surface area (Å²) in [5.74, 6) is 0.574. The minimum atomic E-state index is 0.150. The molecule has 3 aliphatic rings. The molecule has 0 aliphatic carbocycles. The van der Waals surface area contributed by atoms with Crippen molar-refractivity contribution >= 4 is 5.78 Å². The minimum absolute atomic E-state index is 0.150. The average Bonchev–Trinajstić information content (AvgIpc) is 2.89. The van der Waals surface area contributed by atoms with Crippen LogP contribution in [0.15, 0.2) is 66.0 Å². The van der Waals surface area contributed by atoms with Gasteiger partial charge in [0.05, 0.1) is 12.2 Å². The molecule has 4 heteroatoms. The van der Waals surface area contributed by atoms with E-state index in [1.165, 1.54) is 11.1 Å². The summed E-state index contributed by atoms with van der Waals surface area (Å²) < 4.78 is 0. The molecular weight excluding hydrogens is 298 g/mol. The number of hydrogen-bond donors (Lipinski definition) is 1. The number of ketones is 1. The second-order valence-electron chi connectivity index (χ2n) is 6.81. The number of rotatable bonds is 2. The SMILES string of the molecule is N/C=C1/C2=C\C=C/C(=O)CN1C1CCN(Cc3ccccc3)CC21. The molecule has 2 bridgehead atoms. The Morgan fingerprint density at radius 2 is 2.08 bits per heavy atom. The molecule has 0 amide bonds. The summed E-state index contributed by atoms with van der Waals surface area (Å²) in [7, 11) is 0. The van der Waals surface area contributed by atoms with Crippen molar-refractivity contribution in [2.75, 3.05) is 19.6 Å². The van der Waals surface area contributed by atoms with Crippen LogP contribution in [0, 0.1) is 5.92 Å². The van der Waals surface area contributed by atoms with Crippen LogP contribution >= 0.6 is 0 Å². The second kappa shape index (κ2) is 6.29. The molecule has 2 saturated heterocycles. The Kier molecular flexibility index (Phi) is 3.98. The zero-order valence-electron chi connectivity index (χ0n) is 13.8. The van der Waals surface area contributed by atoms with Crippen molar-refractivity contribution in [2.45, 2.75) is 19.0 Å². The van der Waals surface area contributed by atoms with Gasteiger partial charge in [-0.1, -0.05) is 42.5 Å². The highest BCUT2D eigenvalue weighted by molar-refractivity contribution is 5.92. The van der Waals surface area contributed by atoms with E-state index < -0.39 is 0 Å². The number of fused-ring (bicyclic) bond motifs is 5. The molecule has 0 saturated carbocycles. The van der Waals surface area contributed by atoms with E-state index in [9.17, 15) is 4.79 Å². The lowest BCUT2D eigenvalue weighted by Crippen LogP contribution is -2.46. The predicted octanol–water partition coefficient (Wildman–Crippen LogP) is 2.06. The van der Waals surface area contributed by atoms with E-state index in [-0.39, 0.29) is 5.78 Å². The van der Waals surface area contributed by atoms with Crippen molar-refractivity contribution in [1.29, 1.82) is 0 Å². The third-order valence-corrected chi connectivity index (χ3v) is 5.36. The molecule has 3 heterocycles. The van der Waals surface area contributed by atoms with E-state index in [4.69, 9.17) is 5.73 Å². The molecule has 0 aromatic heterocycles. The summed E-state index contributed by atoms with van der Waals surface area (Å²) in [6.45, 7) is 3.49. The molecule has 1 aromatic carbocycles. The lowest BCUT2D eigenvalue weighted by atomic mass is 9.88. The highest BCUT2D eigenvalue weighted by atomic mass is 16.1. The Bertz CT molecular complexity index is 720. The Balaban J connectivity index is 1.58. The molecule has 2 unspecified atom stereocenters. The Labute approximate surface area is 142 Å². The van der Waals surface area contributed by atoms with E-state index >= 15 is 0 Å². The minimum Gasteiger partial charge on any atom is -0.403 e. The summed E-state index contributed by atoms with van der Waals surface area (Å²) >= 11 is 0. The van der Waals surface area contributed by atoms with Gasteiger partial charge in [-0.25, -0.2) is 0 Å². The van der Waals surface area contributed by atoms with Crippen LogP contribution in [-0.4, -0.2) is 41.3 Å². The molecule has 4 nitrogen and oxygen atoms in total. The van der Waals surface area contributed by atoms with Crippen molar-refractivity contribution in [1.82, 2.24) is 9.80 Å². The molecular formula is C20H23N3O. The van der Waals surface area contributed by atoms with Gasteiger partial charge >= 0.3 is 0 Å². The number of carbonyl (C=O) groups excluding carboxylic acids is 1. The van der Waals surface area contributed by atoms with E-state index in [2.05, 4.69) is 46.2 Å². The summed E-state index contributed by atoms with van der Waals surface area (Å²) in [6, 6.07) is 11.0. The quantitative estimate of drug-likeness (QED) is 0.906. The van der Waals surface area contributed by atoms with Crippen LogP contribution in [0.5, 0.6) is 0 Å². The zero-order chi connectivity index (χ0) is 16.5. The number of nitrogens with zero attached hydrogens (tertiary/aromatic N) is 2. The molecule has 2 fully saturated rings. The number of benzene rings is 1. The first-order chi connectivity index (χ1) is 11.8. The van der Waals surface area contributed by atoms with Gasteiger partial charge in [-0.2, -0.15) is 0 Å². The Morgan fingerprint density at radius 1 is 1.25 bits per heavy atom.